The highest BCUT2D eigenvalue weighted by Crippen LogP contribution is 2.27. The van der Waals surface area contributed by atoms with Crippen molar-refractivity contribution < 1.29 is 14.3 Å². The van der Waals surface area contributed by atoms with Crippen molar-refractivity contribution in [3.63, 3.8) is 0 Å². The summed E-state index contributed by atoms with van der Waals surface area (Å²) >= 11 is 1.68. The Morgan fingerprint density at radius 2 is 1.81 bits per heavy atom. The van der Waals surface area contributed by atoms with E-state index < -0.39 is 0 Å². The van der Waals surface area contributed by atoms with Gasteiger partial charge in [0.15, 0.2) is 5.78 Å². The number of esters is 1. The molecule has 0 amide bonds. The van der Waals surface area contributed by atoms with E-state index >= 15 is 0 Å². The van der Waals surface area contributed by atoms with Gasteiger partial charge in [0.05, 0.1) is 12.5 Å². The second-order valence-electron chi connectivity index (χ2n) is 5.87. The molecule has 0 bridgehead atoms. The molecule has 0 aliphatic carbocycles. The quantitative estimate of drug-likeness (QED) is 0.564. The molecule has 0 spiro atoms. The summed E-state index contributed by atoms with van der Waals surface area (Å²) in [7, 11) is 0. The minimum absolute atomic E-state index is 0.0110. The van der Waals surface area contributed by atoms with Crippen LogP contribution in [-0.4, -0.2) is 28.9 Å². The molecule has 0 saturated carbocycles. The maximum absolute atomic E-state index is 12.3. The number of thioether (sulfide) groups is 1. The molecule has 4 heteroatoms. The van der Waals surface area contributed by atoms with Crippen molar-refractivity contribution >= 4 is 23.5 Å². The van der Waals surface area contributed by atoms with E-state index in [0.29, 0.717) is 17.9 Å². The van der Waals surface area contributed by atoms with Gasteiger partial charge in [-0.25, -0.2) is 0 Å². The lowest BCUT2D eigenvalue weighted by atomic mass is 10.00. The lowest BCUT2D eigenvalue weighted by Crippen LogP contribution is -2.25. The molecule has 0 aliphatic heterocycles. The Bertz CT molecular complexity index is 463. The third-order valence-corrected chi connectivity index (χ3v) is 4.30. The second-order valence-corrected chi connectivity index (χ2v) is 7.71. The molecule has 0 heterocycles. The minimum atomic E-state index is -0.387. The average molecular weight is 308 g/mol. The normalized spacial score (nSPS) is 12.8. The van der Waals surface area contributed by atoms with Gasteiger partial charge in [-0.15, -0.1) is 0 Å². The molecule has 0 aliphatic rings. The van der Waals surface area contributed by atoms with Crippen molar-refractivity contribution in [3.05, 3.63) is 35.9 Å². The van der Waals surface area contributed by atoms with Crippen LogP contribution in [0.2, 0.25) is 0 Å². The summed E-state index contributed by atoms with van der Waals surface area (Å²) < 4.78 is 5.16. The number of benzene rings is 1. The van der Waals surface area contributed by atoms with Gasteiger partial charge in [0.1, 0.15) is 0 Å². The standard InChI is InChI=1S/C17H24O3S/c1-5-20-16(19)14(12-21-17(2,3)4)11-15(18)13-9-7-6-8-10-13/h6-10,14H,5,11-12H2,1-4H3/t14-/m0/s1. The van der Waals surface area contributed by atoms with E-state index in [1.807, 2.05) is 18.2 Å². The van der Waals surface area contributed by atoms with Gasteiger partial charge in [-0.3, -0.25) is 9.59 Å². The van der Waals surface area contributed by atoms with Gasteiger partial charge in [0.2, 0.25) is 0 Å². The van der Waals surface area contributed by atoms with Gasteiger partial charge in [0.25, 0.3) is 0 Å². The number of rotatable bonds is 7. The Labute approximate surface area is 131 Å². The van der Waals surface area contributed by atoms with Gasteiger partial charge >= 0.3 is 5.97 Å². The van der Waals surface area contributed by atoms with Gasteiger partial charge in [-0.1, -0.05) is 51.1 Å². The van der Waals surface area contributed by atoms with E-state index in [1.165, 1.54) is 0 Å². The number of carbonyl (C=O) groups excluding carboxylic acids is 2. The molecule has 0 unspecified atom stereocenters. The summed E-state index contributed by atoms with van der Waals surface area (Å²) in [5.74, 6) is -0.0791. The molecule has 0 saturated heterocycles. The zero-order valence-electron chi connectivity index (χ0n) is 13.2. The first-order valence-corrected chi connectivity index (χ1v) is 8.21. The monoisotopic (exact) mass is 308 g/mol. The van der Waals surface area contributed by atoms with Crippen molar-refractivity contribution in [1.29, 1.82) is 0 Å². The third-order valence-electron chi connectivity index (χ3n) is 2.87. The van der Waals surface area contributed by atoms with Crippen molar-refractivity contribution in [3.8, 4) is 0 Å². The van der Waals surface area contributed by atoms with Crippen LogP contribution in [0.15, 0.2) is 30.3 Å². The van der Waals surface area contributed by atoms with Crippen molar-refractivity contribution in [1.82, 2.24) is 0 Å². The average Bonchev–Trinajstić information content (AvgIpc) is 2.43. The van der Waals surface area contributed by atoms with Crippen LogP contribution in [0.1, 0.15) is 44.5 Å². The Kier molecular flexibility index (Phi) is 6.96. The second kappa shape index (κ2) is 8.23. The van der Waals surface area contributed by atoms with Crippen LogP contribution in [0.3, 0.4) is 0 Å². The fourth-order valence-electron chi connectivity index (χ4n) is 1.79. The maximum Gasteiger partial charge on any atom is 0.310 e. The first-order chi connectivity index (χ1) is 9.83. The van der Waals surface area contributed by atoms with Crippen molar-refractivity contribution in [2.45, 2.75) is 38.9 Å². The highest BCUT2D eigenvalue weighted by molar-refractivity contribution is 8.00. The molecule has 21 heavy (non-hydrogen) atoms. The summed E-state index contributed by atoms with van der Waals surface area (Å²) in [6.07, 6.45) is 0.200. The number of ketones is 1. The van der Waals surface area contributed by atoms with Crippen LogP contribution in [0.25, 0.3) is 0 Å². The first kappa shape index (κ1) is 17.8. The molecule has 1 atom stereocenters. The highest BCUT2D eigenvalue weighted by atomic mass is 32.2. The molecule has 0 N–H and O–H groups in total. The molecule has 116 valence electrons. The number of carbonyl (C=O) groups is 2. The molecule has 0 radical (unpaired) electrons. The van der Waals surface area contributed by atoms with E-state index in [0.717, 1.165) is 0 Å². The predicted octanol–water partition coefficient (Wildman–Crippen LogP) is 3.97. The first-order valence-electron chi connectivity index (χ1n) is 7.22. The van der Waals surface area contributed by atoms with Crippen LogP contribution in [0.5, 0.6) is 0 Å². The minimum Gasteiger partial charge on any atom is -0.466 e. The SMILES string of the molecule is CCOC(=O)[C@H](CSC(C)(C)C)CC(=O)c1ccccc1. The van der Waals surface area contributed by atoms with E-state index in [1.54, 1.807) is 30.8 Å². The number of hydrogen-bond acceptors (Lipinski definition) is 4. The highest BCUT2D eigenvalue weighted by Gasteiger charge is 2.26. The molecule has 3 nitrogen and oxygen atoms in total. The van der Waals surface area contributed by atoms with E-state index in [9.17, 15) is 9.59 Å². The van der Waals surface area contributed by atoms with Gasteiger partial charge in [0, 0.05) is 22.5 Å². The van der Waals surface area contributed by atoms with Crippen molar-refractivity contribution in [2.75, 3.05) is 12.4 Å². The van der Waals surface area contributed by atoms with Crippen LogP contribution >= 0.6 is 11.8 Å². The Morgan fingerprint density at radius 1 is 1.19 bits per heavy atom. The molecule has 1 rings (SSSR count). The smallest absolute Gasteiger partial charge is 0.310 e. The maximum atomic E-state index is 12.3. The van der Waals surface area contributed by atoms with Crippen LogP contribution < -0.4 is 0 Å². The lowest BCUT2D eigenvalue weighted by Gasteiger charge is -2.21. The van der Waals surface area contributed by atoms with Crippen molar-refractivity contribution in [2.24, 2.45) is 5.92 Å². The van der Waals surface area contributed by atoms with Gasteiger partial charge in [-0.05, 0) is 6.92 Å². The molecule has 0 aromatic heterocycles. The Balaban J connectivity index is 2.72. The van der Waals surface area contributed by atoms with Crippen LogP contribution in [-0.2, 0) is 9.53 Å². The molecule has 1 aromatic carbocycles. The van der Waals surface area contributed by atoms with Gasteiger partial charge < -0.3 is 4.74 Å². The Morgan fingerprint density at radius 3 is 2.33 bits per heavy atom. The van der Waals surface area contributed by atoms with Gasteiger partial charge in [-0.2, -0.15) is 11.8 Å². The number of ether oxygens (including phenoxy) is 1. The molecule has 0 fully saturated rings. The fourth-order valence-corrected chi connectivity index (χ4v) is 2.74. The summed E-state index contributed by atoms with van der Waals surface area (Å²) in [4.78, 5) is 24.3. The molecule has 1 aromatic rings. The zero-order chi connectivity index (χ0) is 15.9. The lowest BCUT2D eigenvalue weighted by molar-refractivity contribution is -0.147. The summed E-state index contributed by atoms with van der Waals surface area (Å²) in [5, 5.41) is 0. The third kappa shape index (κ3) is 6.80. The number of Topliss-reactive ketones (excluding diaryl/α,β-unsaturated/α-hetero) is 1. The van der Waals surface area contributed by atoms with Crippen LogP contribution in [0, 0.1) is 5.92 Å². The zero-order valence-corrected chi connectivity index (χ0v) is 14.0. The largest absolute Gasteiger partial charge is 0.466 e. The topological polar surface area (TPSA) is 43.4 Å². The van der Waals surface area contributed by atoms with E-state index in [4.69, 9.17) is 4.74 Å². The predicted molar refractivity (Wildman–Crippen MR) is 87.7 cm³/mol. The summed E-state index contributed by atoms with van der Waals surface area (Å²) in [6, 6.07) is 9.09. The molecular weight excluding hydrogens is 284 g/mol. The molecular formula is C17H24O3S. The van der Waals surface area contributed by atoms with E-state index in [-0.39, 0.29) is 28.8 Å². The summed E-state index contributed by atoms with van der Waals surface area (Å²) in [5.41, 5.74) is 0.646. The van der Waals surface area contributed by atoms with E-state index in [2.05, 4.69) is 20.8 Å². The number of hydrogen-bond donors (Lipinski definition) is 0. The fraction of sp³-hybridized carbons (Fsp3) is 0.529. The van der Waals surface area contributed by atoms with Crippen LogP contribution in [0.4, 0.5) is 0 Å². The summed E-state index contributed by atoms with van der Waals surface area (Å²) in [6.45, 7) is 8.41. The Hall–Kier alpha value is -1.29.